The minimum Gasteiger partial charge on any atom is -0.466 e. The van der Waals surface area contributed by atoms with E-state index in [9.17, 15) is 27.2 Å². The Morgan fingerprint density at radius 3 is 2.65 bits per heavy atom. The van der Waals surface area contributed by atoms with Crippen LogP contribution in [0.25, 0.3) is 10.2 Å². The topological polar surface area (TPSA) is 135 Å². The summed E-state index contributed by atoms with van der Waals surface area (Å²) in [6, 6.07) is 9.47. The Bertz CT molecular complexity index is 1680. The second kappa shape index (κ2) is 14.1. The molecule has 10 nitrogen and oxygen atoms in total. The highest BCUT2D eigenvalue weighted by Crippen LogP contribution is 2.38. The predicted octanol–water partition coefficient (Wildman–Crippen LogP) is 4.91. The zero-order chi connectivity index (χ0) is 33.1. The van der Waals surface area contributed by atoms with E-state index in [1.807, 2.05) is 24.3 Å². The molecule has 5 rings (SSSR count). The number of hydrogen-bond acceptors (Lipinski definition) is 9. The molecule has 1 unspecified atom stereocenters. The van der Waals surface area contributed by atoms with Crippen LogP contribution in [-0.4, -0.2) is 74.9 Å². The van der Waals surface area contributed by atoms with Gasteiger partial charge in [0.1, 0.15) is 10.9 Å². The monoisotopic (exact) mass is 672 g/mol. The number of aryl methyl sites for hydroxylation is 1. The third-order valence-corrected chi connectivity index (χ3v) is 11.3. The lowest BCUT2D eigenvalue weighted by molar-refractivity contribution is -0.143. The second-order valence-corrected chi connectivity index (χ2v) is 15.4. The molecule has 46 heavy (non-hydrogen) atoms. The van der Waals surface area contributed by atoms with E-state index in [4.69, 9.17) is 4.74 Å². The molecule has 13 heteroatoms. The number of thiazole rings is 1. The van der Waals surface area contributed by atoms with Gasteiger partial charge in [0.05, 0.1) is 34.2 Å². The van der Waals surface area contributed by atoms with E-state index in [2.05, 4.69) is 15.0 Å². The lowest BCUT2D eigenvalue weighted by Crippen LogP contribution is -2.51. The summed E-state index contributed by atoms with van der Waals surface area (Å²) >= 11 is 1.40. The van der Waals surface area contributed by atoms with E-state index in [-0.39, 0.29) is 66.2 Å². The third-order valence-electron chi connectivity index (χ3n) is 8.70. The van der Waals surface area contributed by atoms with Gasteiger partial charge in [-0.3, -0.25) is 18.8 Å². The number of aromatic nitrogens is 1. The first-order chi connectivity index (χ1) is 21.9. The molecule has 1 aromatic heterocycles. The summed E-state index contributed by atoms with van der Waals surface area (Å²) < 4.78 is 50.2. The van der Waals surface area contributed by atoms with E-state index in [1.165, 1.54) is 17.4 Å². The number of ketones is 1. The maximum absolute atomic E-state index is 14.3. The van der Waals surface area contributed by atoms with Gasteiger partial charge >= 0.3 is 5.97 Å². The molecule has 0 aliphatic carbocycles. The Kier molecular flexibility index (Phi) is 10.4. The van der Waals surface area contributed by atoms with Crippen LogP contribution in [0.1, 0.15) is 67.4 Å². The third kappa shape index (κ3) is 7.58. The molecule has 0 spiro atoms. The molecule has 248 valence electrons. The minimum absolute atomic E-state index is 0.0155. The molecule has 2 aromatic carbocycles. The van der Waals surface area contributed by atoms with Crippen molar-refractivity contribution in [1.29, 1.82) is 0 Å². The van der Waals surface area contributed by atoms with Crippen molar-refractivity contribution in [3.8, 4) is 0 Å². The highest BCUT2D eigenvalue weighted by Gasteiger charge is 2.39. The molecule has 1 fully saturated rings. The van der Waals surface area contributed by atoms with Gasteiger partial charge in [-0.1, -0.05) is 26.0 Å². The molecule has 2 N–H and O–H groups in total. The normalized spacial score (nSPS) is 17.4. The quantitative estimate of drug-likeness (QED) is 0.259. The van der Waals surface area contributed by atoms with Crippen molar-refractivity contribution in [2.24, 2.45) is 11.3 Å². The molecular formula is C33H41FN4O6S2. The van der Waals surface area contributed by atoms with Crippen molar-refractivity contribution in [1.82, 2.24) is 14.6 Å². The molecule has 3 heterocycles. The van der Waals surface area contributed by atoms with Crippen LogP contribution in [-0.2, 0) is 37.2 Å². The van der Waals surface area contributed by atoms with Gasteiger partial charge in [0.25, 0.3) is 0 Å². The van der Waals surface area contributed by atoms with Crippen LogP contribution in [0.4, 0.5) is 10.1 Å². The Balaban J connectivity index is 1.49. The van der Waals surface area contributed by atoms with Crippen LogP contribution < -0.4 is 10.0 Å². The van der Waals surface area contributed by atoms with Crippen LogP contribution >= 0.6 is 11.3 Å². The number of benzene rings is 2. The van der Waals surface area contributed by atoms with Crippen LogP contribution in [0, 0.1) is 11.3 Å². The number of fused-ring (bicyclic) bond motifs is 2. The van der Waals surface area contributed by atoms with Crippen molar-refractivity contribution >= 4 is 54.9 Å². The number of para-hydroxylation sites is 1. The van der Waals surface area contributed by atoms with E-state index in [0.29, 0.717) is 42.9 Å². The van der Waals surface area contributed by atoms with E-state index in [1.54, 1.807) is 31.7 Å². The molecule has 0 bridgehead atoms. The summed E-state index contributed by atoms with van der Waals surface area (Å²) in [4.78, 5) is 45.8. The number of sulfonamides is 1. The van der Waals surface area contributed by atoms with Crippen LogP contribution in [0.3, 0.4) is 0 Å². The van der Waals surface area contributed by atoms with Gasteiger partial charge in [0, 0.05) is 43.5 Å². The number of rotatable bonds is 12. The van der Waals surface area contributed by atoms with Crippen molar-refractivity contribution in [2.45, 2.75) is 70.2 Å². The lowest BCUT2D eigenvalue weighted by atomic mass is 9.80. The Labute approximate surface area is 273 Å². The van der Waals surface area contributed by atoms with Gasteiger partial charge in [-0.15, -0.1) is 11.3 Å². The molecule has 1 atom stereocenters. The van der Waals surface area contributed by atoms with Crippen molar-refractivity contribution in [3.05, 3.63) is 52.5 Å². The molecule has 2 aliphatic rings. The fraction of sp³-hybridized carbons (Fsp3) is 0.515. The molecule has 1 saturated heterocycles. The van der Waals surface area contributed by atoms with Gasteiger partial charge in [0.15, 0.2) is 5.78 Å². The van der Waals surface area contributed by atoms with Gasteiger partial charge in [-0.2, -0.15) is 4.72 Å². The number of halogens is 1. The first kappa shape index (κ1) is 33.9. The standard InChI is InChI=1S/C33H41FN4O6S2/c1-4-44-29(39)10-9-22-17-23-30(35-20-33(2,3)31(23)40)27(18-22)46(42,43)37-25(19-28-36-24-7-5-6-8-26(24)45-28)32(41)38-15-12-21(11-14-34)13-16-38/h5-8,17-18,21,25,35,37H,4,9-16,19-20H2,1-3H3. The fourth-order valence-electron chi connectivity index (χ4n) is 6.05. The number of anilines is 1. The Morgan fingerprint density at radius 1 is 1.22 bits per heavy atom. The number of likely N-dealkylation sites (tertiary alicyclic amines) is 1. The van der Waals surface area contributed by atoms with Crippen LogP contribution in [0.15, 0.2) is 41.3 Å². The summed E-state index contributed by atoms with van der Waals surface area (Å²) in [6.07, 6.45) is 1.96. The number of carbonyl (C=O) groups is 3. The first-order valence-electron chi connectivity index (χ1n) is 15.7. The largest absolute Gasteiger partial charge is 0.466 e. The van der Waals surface area contributed by atoms with Gasteiger partial charge in [0.2, 0.25) is 15.9 Å². The van der Waals surface area contributed by atoms with Crippen molar-refractivity contribution in [2.75, 3.05) is 38.2 Å². The number of ether oxygens (including phenoxy) is 1. The number of hydrogen-bond donors (Lipinski definition) is 2. The minimum atomic E-state index is -4.39. The Morgan fingerprint density at radius 2 is 1.96 bits per heavy atom. The summed E-state index contributed by atoms with van der Waals surface area (Å²) in [5.41, 5.74) is 0.874. The number of esters is 1. The van der Waals surface area contributed by atoms with Gasteiger partial charge < -0.3 is 15.0 Å². The number of piperidine rings is 1. The molecule has 1 amide bonds. The number of Topliss-reactive ketones (excluding diaryl/α,β-unsaturated/α-hetero) is 1. The average molecular weight is 673 g/mol. The van der Waals surface area contributed by atoms with E-state index < -0.39 is 34.1 Å². The van der Waals surface area contributed by atoms with Crippen molar-refractivity contribution < 1.29 is 31.9 Å². The lowest BCUT2D eigenvalue weighted by Gasteiger charge is -2.34. The molecule has 0 radical (unpaired) electrons. The van der Waals surface area contributed by atoms with E-state index >= 15 is 0 Å². The van der Waals surface area contributed by atoms with Crippen LogP contribution in [0.5, 0.6) is 0 Å². The van der Waals surface area contributed by atoms with Crippen LogP contribution in [0.2, 0.25) is 0 Å². The predicted molar refractivity (Wildman–Crippen MR) is 175 cm³/mol. The number of amides is 1. The summed E-state index contributed by atoms with van der Waals surface area (Å²) in [7, 11) is -4.39. The van der Waals surface area contributed by atoms with Crippen molar-refractivity contribution in [3.63, 3.8) is 0 Å². The van der Waals surface area contributed by atoms with E-state index in [0.717, 1.165) is 10.2 Å². The average Bonchev–Trinajstić information content (AvgIpc) is 3.44. The molecular weight excluding hydrogens is 632 g/mol. The number of alkyl halides is 1. The SMILES string of the molecule is CCOC(=O)CCc1cc2c(c(S(=O)(=O)NC(Cc3nc4ccccc4s3)C(=O)N3CCC(CCF)CC3)c1)NCC(C)(C)C2=O. The van der Waals surface area contributed by atoms with Gasteiger partial charge in [-0.25, -0.2) is 13.4 Å². The molecule has 3 aromatic rings. The Hall–Kier alpha value is -3.42. The number of nitrogens with zero attached hydrogens (tertiary/aromatic N) is 2. The second-order valence-electron chi connectivity index (χ2n) is 12.6. The maximum Gasteiger partial charge on any atom is 0.306 e. The fourth-order valence-corrected chi connectivity index (χ4v) is 8.51. The maximum atomic E-state index is 14.3. The zero-order valence-electron chi connectivity index (χ0n) is 26.4. The summed E-state index contributed by atoms with van der Waals surface area (Å²) in [6.45, 7) is 6.13. The first-order valence-corrected chi connectivity index (χ1v) is 18.0. The summed E-state index contributed by atoms with van der Waals surface area (Å²) in [5.74, 6) is -0.831. The highest BCUT2D eigenvalue weighted by atomic mass is 32.2. The summed E-state index contributed by atoms with van der Waals surface area (Å²) in [5, 5.41) is 3.76. The number of carbonyl (C=O) groups excluding carboxylic acids is 3. The molecule has 2 aliphatic heterocycles. The highest BCUT2D eigenvalue weighted by molar-refractivity contribution is 7.89. The zero-order valence-corrected chi connectivity index (χ0v) is 28.1. The molecule has 0 saturated carbocycles. The van der Waals surface area contributed by atoms with Gasteiger partial charge in [-0.05, 0) is 68.4 Å². The smallest absolute Gasteiger partial charge is 0.306 e. The number of nitrogens with one attached hydrogen (secondary N) is 2.